The summed E-state index contributed by atoms with van der Waals surface area (Å²) in [6, 6.07) is 2.04. The van der Waals surface area contributed by atoms with Crippen LogP contribution in [0.4, 0.5) is 11.8 Å². The zero-order valence-corrected chi connectivity index (χ0v) is 23.6. The molecule has 8 N–H and O–H groups in total. The molecule has 4 aromatic rings. The molecule has 9 atom stereocenters. The molecule has 7 rings (SSSR count). The number of aromatic nitrogens is 7. The van der Waals surface area contributed by atoms with Crippen LogP contribution in [-0.2, 0) is 23.1 Å². The van der Waals surface area contributed by atoms with Crippen LogP contribution in [0.25, 0.3) is 22.2 Å². The minimum atomic E-state index is -4.88. The van der Waals surface area contributed by atoms with Crippen LogP contribution in [0.5, 0.6) is 0 Å². The molecule has 3 saturated heterocycles. The Labute approximate surface area is 246 Å². The molecule has 232 valence electrons. The van der Waals surface area contributed by atoms with Gasteiger partial charge in [-0.15, -0.1) is 0 Å². The second-order valence-electron chi connectivity index (χ2n) is 10.8. The van der Waals surface area contributed by atoms with Gasteiger partial charge >= 0.3 is 7.82 Å². The van der Waals surface area contributed by atoms with E-state index >= 15 is 0 Å². The Hall–Kier alpha value is -3.99. The number of aromatic amines is 1. The molecule has 4 aromatic heterocycles. The number of anilines is 2. The second kappa shape index (κ2) is 10.6. The molecule has 0 radical (unpaired) electrons. The van der Waals surface area contributed by atoms with Gasteiger partial charge in [-0.3, -0.25) is 23.4 Å². The maximum atomic E-state index is 13.2. The molecule has 0 amide bonds. The highest BCUT2D eigenvalue weighted by Gasteiger charge is 2.51. The second-order valence-corrected chi connectivity index (χ2v) is 12.2. The van der Waals surface area contributed by atoms with Crippen molar-refractivity contribution in [2.24, 2.45) is 5.92 Å². The molecular formula is C24H27N10O9P. The van der Waals surface area contributed by atoms with Crippen LogP contribution < -0.4 is 17.0 Å². The number of rotatable bonds is 2. The number of nitriles is 1. The number of aliphatic hydroxyl groups excluding tert-OH is 2. The van der Waals surface area contributed by atoms with Crippen molar-refractivity contribution in [2.45, 2.75) is 62.2 Å². The average Bonchev–Trinajstić information content (AvgIpc) is 3.72. The molecule has 7 heterocycles. The van der Waals surface area contributed by atoms with E-state index in [4.69, 9.17) is 30.0 Å². The summed E-state index contributed by atoms with van der Waals surface area (Å²) in [4.78, 5) is 41.7. The summed E-state index contributed by atoms with van der Waals surface area (Å²) in [5.74, 6) is -0.689. The molecule has 3 aliphatic rings. The minimum Gasteiger partial charge on any atom is -0.388 e. The van der Waals surface area contributed by atoms with Gasteiger partial charge in [-0.05, 0) is 12.8 Å². The lowest BCUT2D eigenvalue weighted by atomic mass is 9.91. The summed E-state index contributed by atoms with van der Waals surface area (Å²) >= 11 is 0. The SMILES string of the molecule is N#Cc1cn([C@@H]2O[C@@H]3COP(=O)(O)O[C@@H]4[C@H](O)C(CCC[C@H]3[C@H]2O)O[C@H]4n2cnc3c(=O)[nH]c(N)nc32)c2ncnc(N)c12. The van der Waals surface area contributed by atoms with E-state index < -0.39 is 68.9 Å². The number of aliphatic hydroxyl groups is 2. The first kappa shape index (κ1) is 28.8. The van der Waals surface area contributed by atoms with Gasteiger partial charge in [0.2, 0.25) is 5.95 Å². The number of nitrogens with one attached hydrogen (secondary N) is 1. The predicted octanol–water partition coefficient (Wildman–Crippen LogP) is -0.581. The predicted molar refractivity (Wildman–Crippen MR) is 147 cm³/mol. The summed E-state index contributed by atoms with van der Waals surface area (Å²) in [7, 11) is -4.88. The van der Waals surface area contributed by atoms with Crippen molar-refractivity contribution in [1.29, 1.82) is 5.26 Å². The molecule has 0 spiro atoms. The van der Waals surface area contributed by atoms with Crippen LogP contribution in [0.2, 0.25) is 0 Å². The largest absolute Gasteiger partial charge is 0.472 e. The number of hydrogen-bond donors (Lipinski definition) is 6. The molecule has 3 fully saturated rings. The first-order chi connectivity index (χ1) is 21.1. The molecule has 0 aromatic carbocycles. The molecule has 0 aliphatic carbocycles. The topological polar surface area (TPSA) is 285 Å². The van der Waals surface area contributed by atoms with Gasteiger partial charge in [-0.1, -0.05) is 6.42 Å². The zero-order chi connectivity index (χ0) is 30.9. The zero-order valence-electron chi connectivity index (χ0n) is 22.7. The van der Waals surface area contributed by atoms with Gasteiger partial charge in [-0.25, -0.2) is 19.5 Å². The Morgan fingerprint density at radius 2 is 1.86 bits per heavy atom. The Bertz CT molecular complexity index is 1900. The first-order valence-corrected chi connectivity index (χ1v) is 15.1. The van der Waals surface area contributed by atoms with Gasteiger partial charge in [0.15, 0.2) is 23.6 Å². The van der Waals surface area contributed by atoms with Crippen LogP contribution in [0, 0.1) is 17.2 Å². The Morgan fingerprint density at radius 3 is 2.66 bits per heavy atom. The highest BCUT2D eigenvalue weighted by atomic mass is 31.2. The maximum absolute atomic E-state index is 13.2. The van der Waals surface area contributed by atoms with E-state index in [1.54, 1.807) is 0 Å². The average molecular weight is 631 g/mol. The number of nitrogens with two attached hydrogens (primary N) is 2. The van der Waals surface area contributed by atoms with Gasteiger partial charge in [-0.2, -0.15) is 10.2 Å². The smallest absolute Gasteiger partial charge is 0.388 e. The third-order valence-electron chi connectivity index (χ3n) is 8.28. The van der Waals surface area contributed by atoms with E-state index in [1.165, 1.54) is 28.0 Å². The van der Waals surface area contributed by atoms with Crippen LogP contribution in [0.1, 0.15) is 37.3 Å². The fraction of sp³-hybridized carbons (Fsp3) is 0.500. The fourth-order valence-electron chi connectivity index (χ4n) is 6.26. The number of phosphoric ester groups is 1. The standard InChI is InChI=1S/C24H27N10O9P/c25-4-9-5-33(19-13(9)18(26)28-7-29-19)22-15(35)10-2-1-3-11-16(36)17(43-44(38,39)40-6-12(10)42-22)23(41-11)34-8-30-14-20(34)31-24(27)32-21(14)37/h5,7-8,10-12,15-17,22-23,35-36H,1-3,6H2,(H,38,39)(H2,26,28,29)(H3,27,31,32,37)/t10-,11?,12-,15-,16-,17-,22-,23-/m1/s1. The Morgan fingerprint density at radius 1 is 1.07 bits per heavy atom. The summed E-state index contributed by atoms with van der Waals surface area (Å²) in [5.41, 5.74) is 11.5. The number of H-pyrrole nitrogens is 1. The van der Waals surface area contributed by atoms with Gasteiger partial charge in [0.1, 0.15) is 42.2 Å². The Balaban J connectivity index is 1.18. The first-order valence-electron chi connectivity index (χ1n) is 13.6. The van der Waals surface area contributed by atoms with Crippen molar-refractivity contribution in [3.63, 3.8) is 0 Å². The highest BCUT2D eigenvalue weighted by Crippen LogP contribution is 2.51. The normalized spacial score (nSPS) is 34.4. The quantitative estimate of drug-likeness (QED) is 0.151. The van der Waals surface area contributed by atoms with Crippen LogP contribution in [-0.4, -0.2) is 86.3 Å². The van der Waals surface area contributed by atoms with E-state index in [-0.39, 0.29) is 40.6 Å². The lowest BCUT2D eigenvalue weighted by molar-refractivity contribution is -0.0567. The van der Waals surface area contributed by atoms with Gasteiger partial charge in [0.25, 0.3) is 5.56 Å². The van der Waals surface area contributed by atoms with Crippen molar-refractivity contribution < 1.29 is 38.2 Å². The van der Waals surface area contributed by atoms with Crippen molar-refractivity contribution in [2.75, 3.05) is 18.1 Å². The molecular weight excluding hydrogens is 603 g/mol. The summed E-state index contributed by atoms with van der Waals surface area (Å²) < 4.78 is 39.0. The van der Waals surface area contributed by atoms with E-state index in [9.17, 15) is 29.7 Å². The Kier molecular flexibility index (Phi) is 6.91. The van der Waals surface area contributed by atoms with E-state index in [0.29, 0.717) is 18.2 Å². The molecule has 0 saturated carbocycles. The van der Waals surface area contributed by atoms with E-state index in [1.807, 2.05) is 6.07 Å². The van der Waals surface area contributed by atoms with Crippen LogP contribution in [0.15, 0.2) is 23.6 Å². The molecule has 2 unspecified atom stereocenters. The van der Waals surface area contributed by atoms with Crippen molar-refractivity contribution in [3.8, 4) is 6.07 Å². The third-order valence-corrected chi connectivity index (χ3v) is 9.26. The van der Waals surface area contributed by atoms with E-state index in [2.05, 4.69) is 24.9 Å². The maximum Gasteiger partial charge on any atom is 0.472 e. The number of ether oxygens (including phenoxy) is 2. The van der Waals surface area contributed by atoms with Crippen molar-refractivity contribution in [1.82, 2.24) is 34.1 Å². The highest BCUT2D eigenvalue weighted by molar-refractivity contribution is 7.47. The molecule has 44 heavy (non-hydrogen) atoms. The molecule has 3 aliphatic heterocycles. The van der Waals surface area contributed by atoms with Crippen molar-refractivity contribution >= 4 is 41.8 Å². The molecule has 19 nitrogen and oxygen atoms in total. The van der Waals surface area contributed by atoms with E-state index in [0.717, 1.165) is 0 Å². The third kappa shape index (κ3) is 4.63. The van der Waals surface area contributed by atoms with Gasteiger partial charge < -0.3 is 40.6 Å². The summed E-state index contributed by atoms with van der Waals surface area (Å²) in [5, 5.41) is 32.5. The number of phosphoric acid groups is 1. The summed E-state index contributed by atoms with van der Waals surface area (Å²) in [6.45, 7) is -0.452. The molecule has 2 bridgehead atoms. The van der Waals surface area contributed by atoms with Crippen LogP contribution >= 0.6 is 7.82 Å². The van der Waals surface area contributed by atoms with Crippen molar-refractivity contribution in [3.05, 3.63) is 34.8 Å². The molecule has 20 heteroatoms. The number of hydrogen-bond acceptors (Lipinski definition) is 15. The monoisotopic (exact) mass is 630 g/mol. The number of nitrogen functional groups attached to an aromatic ring is 2. The lowest BCUT2D eigenvalue weighted by Gasteiger charge is -2.26. The fourth-order valence-corrected chi connectivity index (χ4v) is 7.19. The number of nitrogens with zero attached hydrogens (tertiary/aromatic N) is 7. The minimum absolute atomic E-state index is 0.0249. The number of imidazole rings is 1. The van der Waals surface area contributed by atoms with Gasteiger partial charge in [0.05, 0.1) is 36.1 Å². The van der Waals surface area contributed by atoms with Crippen LogP contribution in [0.3, 0.4) is 0 Å². The summed E-state index contributed by atoms with van der Waals surface area (Å²) in [6.07, 6.45) is -2.95. The number of fused-ring (bicyclic) bond motifs is 5. The lowest BCUT2D eigenvalue weighted by Crippen LogP contribution is -2.35. The van der Waals surface area contributed by atoms with Gasteiger partial charge in [0, 0.05) is 12.1 Å².